The third-order valence-corrected chi connectivity index (χ3v) is 5.91. The lowest BCUT2D eigenvalue weighted by atomic mass is 10.1. The zero-order valence-corrected chi connectivity index (χ0v) is 18.9. The van der Waals surface area contributed by atoms with Gasteiger partial charge in [0.2, 0.25) is 5.89 Å². The van der Waals surface area contributed by atoms with E-state index in [0.717, 1.165) is 0 Å². The van der Waals surface area contributed by atoms with Gasteiger partial charge in [-0.3, -0.25) is 14.9 Å². The number of oxazole rings is 1. The second-order valence-electron chi connectivity index (χ2n) is 7.84. The Balaban J connectivity index is 1.45. The predicted octanol–water partition coefficient (Wildman–Crippen LogP) is 5.28. The highest BCUT2D eigenvalue weighted by Crippen LogP contribution is 2.32. The number of nitro benzene ring substituents is 1. The van der Waals surface area contributed by atoms with E-state index in [-0.39, 0.29) is 22.2 Å². The number of anilines is 2. The van der Waals surface area contributed by atoms with Gasteiger partial charge in [-0.05, 0) is 42.5 Å². The predicted molar refractivity (Wildman–Crippen MR) is 128 cm³/mol. The number of rotatable bonds is 5. The number of amides is 1. The number of benzene rings is 3. The van der Waals surface area contributed by atoms with Crippen LogP contribution in [0.4, 0.5) is 21.5 Å². The van der Waals surface area contributed by atoms with E-state index in [0.29, 0.717) is 54.3 Å². The van der Waals surface area contributed by atoms with E-state index in [1.807, 2.05) is 4.90 Å². The summed E-state index contributed by atoms with van der Waals surface area (Å²) in [5.74, 6) is -0.765. The molecule has 0 aliphatic carbocycles. The van der Waals surface area contributed by atoms with Crippen LogP contribution in [-0.2, 0) is 4.74 Å². The lowest BCUT2D eigenvalue weighted by molar-refractivity contribution is -0.384. The van der Waals surface area contributed by atoms with Gasteiger partial charge in [-0.25, -0.2) is 9.37 Å². The highest BCUT2D eigenvalue weighted by Gasteiger charge is 2.22. The number of ether oxygens (including phenoxy) is 1. The van der Waals surface area contributed by atoms with Crippen molar-refractivity contribution >= 4 is 45.7 Å². The molecular formula is C24H18ClFN4O5. The van der Waals surface area contributed by atoms with Crippen molar-refractivity contribution in [1.29, 1.82) is 0 Å². The molecule has 3 aromatic carbocycles. The van der Waals surface area contributed by atoms with Crippen LogP contribution < -0.4 is 10.2 Å². The molecule has 4 aromatic rings. The molecule has 1 aliphatic rings. The van der Waals surface area contributed by atoms with Crippen LogP contribution in [0.3, 0.4) is 0 Å². The second-order valence-corrected chi connectivity index (χ2v) is 8.24. The molecule has 0 unspecified atom stereocenters. The highest BCUT2D eigenvalue weighted by atomic mass is 35.5. The smallest absolute Gasteiger partial charge is 0.270 e. The molecule has 1 amide bonds. The fourth-order valence-corrected chi connectivity index (χ4v) is 4.13. The molecule has 0 spiro atoms. The van der Waals surface area contributed by atoms with E-state index in [2.05, 4.69) is 10.3 Å². The summed E-state index contributed by atoms with van der Waals surface area (Å²) in [7, 11) is 0. The van der Waals surface area contributed by atoms with Crippen molar-refractivity contribution in [2.75, 3.05) is 36.5 Å². The lowest BCUT2D eigenvalue weighted by Crippen LogP contribution is -2.37. The Hall–Kier alpha value is -4.02. The van der Waals surface area contributed by atoms with Crippen LogP contribution in [0.1, 0.15) is 10.4 Å². The maximum Gasteiger partial charge on any atom is 0.270 e. The van der Waals surface area contributed by atoms with E-state index in [1.54, 1.807) is 24.3 Å². The van der Waals surface area contributed by atoms with Gasteiger partial charge in [0.05, 0.1) is 40.0 Å². The van der Waals surface area contributed by atoms with Crippen LogP contribution in [0, 0.1) is 15.9 Å². The Morgan fingerprint density at radius 1 is 1.11 bits per heavy atom. The Morgan fingerprint density at radius 3 is 2.66 bits per heavy atom. The zero-order chi connectivity index (χ0) is 24.5. The number of hydrogen-bond donors (Lipinski definition) is 1. The first kappa shape index (κ1) is 22.8. The van der Waals surface area contributed by atoms with Gasteiger partial charge in [0, 0.05) is 30.9 Å². The Kier molecular flexibility index (Phi) is 6.06. The number of morpholine rings is 1. The standard InChI is InChI=1S/C24H18ClFN4O5/c25-19-11-14(26)1-4-17(19)24-28-20-12-15(2-6-22(20)35-24)27-23(31)18-13-16(30(32)33)3-5-21(18)29-7-9-34-10-8-29/h1-6,11-13H,7-10H2,(H,27,31). The van der Waals surface area contributed by atoms with Gasteiger partial charge in [0.15, 0.2) is 5.58 Å². The fraction of sp³-hybridized carbons (Fsp3) is 0.167. The Morgan fingerprint density at radius 2 is 1.91 bits per heavy atom. The number of halogens is 2. The number of carbonyl (C=O) groups excluding carboxylic acids is 1. The first-order chi connectivity index (χ1) is 16.9. The summed E-state index contributed by atoms with van der Waals surface area (Å²) in [5.41, 5.74) is 2.34. The molecule has 0 saturated carbocycles. The summed E-state index contributed by atoms with van der Waals surface area (Å²) in [6.45, 7) is 2.14. The molecule has 1 saturated heterocycles. The summed E-state index contributed by atoms with van der Waals surface area (Å²) in [6, 6.07) is 13.0. The van der Waals surface area contributed by atoms with Gasteiger partial charge in [0.1, 0.15) is 11.3 Å². The molecular weight excluding hydrogens is 479 g/mol. The van der Waals surface area contributed by atoms with Gasteiger partial charge >= 0.3 is 0 Å². The molecule has 0 atom stereocenters. The van der Waals surface area contributed by atoms with Crippen LogP contribution in [0.25, 0.3) is 22.6 Å². The molecule has 1 N–H and O–H groups in total. The molecule has 35 heavy (non-hydrogen) atoms. The quantitative estimate of drug-likeness (QED) is 0.295. The number of nitrogens with one attached hydrogen (secondary N) is 1. The molecule has 11 heteroatoms. The van der Waals surface area contributed by atoms with Crippen molar-refractivity contribution < 1.29 is 23.3 Å². The van der Waals surface area contributed by atoms with E-state index in [1.165, 1.54) is 30.3 Å². The van der Waals surface area contributed by atoms with Crippen molar-refractivity contribution in [3.8, 4) is 11.5 Å². The van der Waals surface area contributed by atoms with E-state index in [4.69, 9.17) is 20.8 Å². The number of non-ortho nitro benzene ring substituents is 1. The summed E-state index contributed by atoms with van der Waals surface area (Å²) in [5, 5.41) is 14.3. The number of aromatic nitrogens is 1. The largest absolute Gasteiger partial charge is 0.436 e. The monoisotopic (exact) mass is 496 g/mol. The molecule has 178 valence electrons. The van der Waals surface area contributed by atoms with Gasteiger partial charge in [-0.1, -0.05) is 11.6 Å². The van der Waals surface area contributed by atoms with E-state index in [9.17, 15) is 19.3 Å². The summed E-state index contributed by atoms with van der Waals surface area (Å²) < 4.78 is 24.5. The molecule has 1 aliphatic heterocycles. The molecule has 1 fully saturated rings. The lowest BCUT2D eigenvalue weighted by Gasteiger charge is -2.30. The third-order valence-electron chi connectivity index (χ3n) is 5.59. The first-order valence-electron chi connectivity index (χ1n) is 10.7. The van der Waals surface area contributed by atoms with Crippen LogP contribution in [-0.4, -0.2) is 42.1 Å². The summed E-state index contributed by atoms with van der Waals surface area (Å²) in [6.07, 6.45) is 0. The zero-order valence-electron chi connectivity index (χ0n) is 18.2. The van der Waals surface area contributed by atoms with Gasteiger partial charge in [0.25, 0.3) is 11.6 Å². The van der Waals surface area contributed by atoms with Crippen LogP contribution in [0.5, 0.6) is 0 Å². The number of nitrogens with zero attached hydrogens (tertiary/aromatic N) is 3. The number of carbonyl (C=O) groups is 1. The maximum atomic E-state index is 13.4. The van der Waals surface area contributed by atoms with Crippen molar-refractivity contribution in [2.24, 2.45) is 0 Å². The van der Waals surface area contributed by atoms with Gasteiger partial charge < -0.3 is 19.4 Å². The van der Waals surface area contributed by atoms with Crippen LogP contribution >= 0.6 is 11.6 Å². The van der Waals surface area contributed by atoms with Crippen molar-refractivity contribution in [3.05, 3.63) is 81.1 Å². The highest BCUT2D eigenvalue weighted by molar-refractivity contribution is 6.33. The maximum absolute atomic E-state index is 13.4. The molecule has 5 rings (SSSR count). The number of hydrogen-bond acceptors (Lipinski definition) is 7. The van der Waals surface area contributed by atoms with E-state index >= 15 is 0 Å². The van der Waals surface area contributed by atoms with Crippen molar-refractivity contribution in [3.63, 3.8) is 0 Å². The summed E-state index contributed by atoms with van der Waals surface area (Å²) in [4.78, 5) is 30.4. The van der Waals surface area contributed by atoms with E-state index < -0.39 is 16.6 Å². The minimum absolute atomic E-state index is 0.159. The SMILES string of the molecule is O=C(Nc1ccc2oc(-c3ccc(F)cc3Cl)nc2c1)c1cc([N+](=O)[O-])ccc1N1CCOCC1. The first-order valence-corrected chi connectivity index (χ1v) is 11.1. The van der Waals surface area contributed by atoms with Gasteiger partial charge in [-0.15, -0.1) is 0 Å². The number of fused-ring (bicyclic) bond motifs is 1. The average Bonchev–Trinajstić information content (AvgIpc) is 3.27. The van der Waals surface area contributed by atoms with Crippen LogP contribution in [0.2, 0.25) is 5.02 Å². The minimum atomic E-state index is -0.538. The Bertz CT molecular complexity index is 1450. The Labute approximate surface area is 203 Å². The third kappa shape index (κ3) is 4.66. The minimum Gasteiger partial charge on any atom is -0.436 e. The second kappa shape index (κ2) is 9.32. The van der Waals surface area contributed by atoms with Crippen LogP contribution in [0.15, 0.2) is 59.0 Å². The number of nitro groups is 1. The van der Waals surface area contributed by atoms with Crippen molar-refractivity contribution in [2.45, 2.75) is 0 Å². The normalized spacial score (nSPS) is 13.7. The molecule has 0 radical (unpaired) electrons. The molecule has 2 heterocycles. The fourth-order valence-electron chi connectivity index (χ4n) is 3.88. The molecule has 0 bridgehead atoms. The van der Waals surface area contributed by atoms with Crippen molar-refractivity contribution in [1.82, 2.24) is 4.98 Å². The average molecular weight is 497 g/mol. The topological polar surface area (TPSA) is 111 Å². The summed E-state index contributed by atoms with van der Waals surface area (Å²) >= 11 is 6.12. The molecule has 9 nitrogen and oxygen atoms in total. The molecule has 1 aromatic heterocycles. The van der Waals surface area contributed by atoms with Gasteiger partial charge in [-0.2, -0.15) is 0 Å².